The van der Waals surface area contributed by atoms with Gasteiger partial charge >= 0.3 is 0 Å². The molecule has 0 amide bonds. The molecule has 0 bridgehead atoms. The summed E-state index contributed by atoms with van der Waals surface area (Å²) in [5.41, 5.74) is 1.77. The summed E-state index contributed by atoms with van der Waals surface area (Å²) in [4.78, 5) is 6.89. The van der Waals surface area contributed by atoms with Crippen LogP contribution in [0, 0.1) is 0 Å². The van der Waals surface area contributed by atoms with Gasteiger partial charge in [-0.2, -0.15) is 0 Å². The molecule has 0 spiro atoms. The van der Waals surface area contributed by atoms with Gasteiger partial charge in [-0.25, -0.2) is 0 Å². The Morgan fingerprint density at radius 1 is 1.20 bits per heavy atom. The van der Waals surface area contributed by atoms with Crippen molar-refractivity contribution in [1.82, 2.24) is 9.88 Å². The van der Waals surface area contributed by atoms with E-state index in [0.29, 0.717) is 6.04 Å². The van der Waals surface area contributed by atoms with Crippen LogP contribution in [-0.2, 0) is 0 Å². The van der Waals surface area contributed by atoms with Gasteiger partial charge in [-0.3, -0.25) is 4.98 Å². The summed E-state index contributed by atoms with van der Waals surface area (Å²) >= 11 is 0. The van der Waals surface area contributed by atoms with Crippen molar-refractivity contribution in [2.24, 2.45) is 0 Å². The maximum atomic E-state index is 5.67. The molecule has 25 heavy (non-hydrogen) atoms. The molecule has 1 aromatic heterocycles. The molecule has 0 fully saturated rings. The van der Waals surface area contributed by atoms with Crippen molar-refractivity contribution >= 4 is 16.6 Å². The molecule has 2 rings (SSSR count). The number of rotatable bonds is 10. The highest BCUT2D eigenvalue weighted by atomic mass is 16.5. The fourth-order valence-corrected chi connectivity index (χ4v) is 3.18. The van der Waals surface area contributed by atoms with Crippen molar-refractivity contribution in [2.75, 3.05) is 39.2 Å². The second kappa shape index (κ2) is 9.47. The zero-order valence-electron chi connectivity index (χ0n) is 16.1. The van der Waals surface area contributed by atoms with E-state index in [-0.39, 0.29) is 0 Å². The lowest BCUT2D eigenvalue weighted by atomic mass is 10.1. The number of hydrogen-bond donors (Lipinski definition) is 1. The molecular weight excluding hydrogens is 314 g/mol. The number of ether oxygens (including phenoxy) is 2. The topological polar surface area (TPSA) is 46.6 Å². The number of hydrogen-bond acceptors (Lipinski definition) is 5. The highest BCUT2D eigenvalue weighted by Crippen LogP contribution is 2.39. The molecule has 2 aromatic rings. The lowest BCUT2D eigenvalue weighted by Crippen LogP contribution is -2.25. The Morgan fingerprint density at radius 3 is 2.60 bits per heavy atom. The summed E-state index contributed by atoms with van der Waals surface area (Å²) in [5.74, 6) is 1.58. The summed E-state index contributed by atoms with van der Waals surface area (Å²) in [6.07, 6.45) is 4.05. The van der Waals surface area contributed by atoms with Crippen LogP contribution in [0.3, 0.4) is 0 Å². The highest BCUT2D eigenvalue weighted by Gasteiger charge is 2.15. The van der Waals surface area contributed by atoms with Gasteiger partial charge in [0.05, 0.1) is 19.9 Å². The average Bonchev–Trinajstić information content (AvgIpc) is 2.64. The molecule has 5 nitrogen and oxygen atoms in total. The summed E-state index contributed by atoms with van der Waals surface area (Å²) in [6.45, 7) is 10.0. The number of aromatic nitrogens is 1. The van der Waals surface area contributed by atoms with Gasteiger partial charge in [0.2, 0.25) is 0 Å². The van der Waals surface area contributed by atoms with Gasteiger partial charge in [-0.05, 0) is 51.5 Å². The van der Waals surface area contributed by atoms with Crippen molar-refractivity contribution in [3.05, 3.63) is 24.4 Å². The Bertz CT molecular complexity index is 671. The molecule has 138 valence electrons. The molecule has 1 N–H and O–H groups in total. The minimum absolute atomic E-state index is 0.350. The second-order valence-electron chi connectivity index (χ2n) is 6.27. The van der Waals surface area contributed by atoms with Gasteiger partial charge in [-0.15, -0.1) is 0 Å². The smallest absolute Gasteiger partial charge is 0.151 e. The Hall–Kier alpha value is -2.01. The second-order valence-corrected chi connectivity index (χ2v) is 6.27. The van der Waals surface area contributed by atoms with Crippen LogP contribution < -0.4 is 14.8 Å². The Morgan fingerprint density at radius 2 is 1.96 bits per heavy atom. The molecule has 5 heteroatoms. The first kappa shape index (κ1) is 19.3. The molecule has 1 unspecified atom stereocenters. The Kier molecular flexibility index (Phi) is 7.31. The maximum Gasteiger partial charge on any atom is 0.151 e. The summed E-state index contributed by atoms with van der Waals surface area (Å²) in [7, 11) is 3.37. The number of pyridine rings is 1. The quantitative estimate of drug-likeness (QED) is 0.700. The van der Waals surface area contributed by atoms with Crippen molar-refractivity contribution in [3.8, 4) is 11.5 Å². The lowest BCUT2D eigenvalue weighted by Gasteiger charge is -2.22. The fourth-order valence-electron chi connectivity index (χ4n) is 3.18. The molecular formula is C20H31N3O2. The van der Waals surface area contributed by atoms with Crippen LogP contribution in [0.5, 0.6) is 11.5 Å². The highest BCUT2D eigenvalue weighted by molar-refractivity contribution is 5.95. The van der Waals surface area contributed by atoms with Crippen LogP contribution in [0.2, 0.25) is 0 Å². The van der Waals surface area contributed by atoms with Crippen LogP contribution in [0.25, 0.3) is 10.9 Å². The van der Waals surface area contributed by atoms with E-state index in [2.05, 4.69) is 36.0 Å². The maximum absolute atomic E-state index is 5.67. The van der Waals surface area contributed by atoms with Crippen LogP contribution >= 0.6 is 0 Å². The third-order valence-electron chi connectivity index (χ3n) is 4.64. The standard InChI is InChI=1S/C20H31N3O2/c1-6-23(7-2)13-9-10-15(3)22-17-14-18(24-4)19-16(20(17)25-5)11-8-12-21-19/h8,11-12,14-15,22H,6-7,9-10,13H2,1-5H3. The summed E-state index contributed by atoms with van der Waals surface area (Å²) in [5, 5.41) is 4.55. The van der Waals surface area contributed by atoms with Gasteiger partial charge in [0.1, 0.15) is 11.3 Å². The zero-order valence-corrected chi connectivity index (χ0v) is 16.1. The number of fused-ring (bicyclic) bond motifs is 1. The van der Waals surface area contributed by atoms with Gasteiger partial charge in [0.25, 0.3) is 0 Å². The molecule has 0 aliphatic carbocycles. The van der Waals surface area contributed by atoms with Gasteiger partial charge in [0.15, 0.2) is 5.75 Å². The van der Waals surface area contributed by atoms with Crippen molar-refractivity contribution in [2.45, 2.75) is 39.7 Å². The van der Waals surface area contributed by atoms with Crippen LogP contribution in [0.15, 0.2) is 24.4 Å². The van der Waals surface area contributed by atoms with Crippen LogP contribution in [0.1, 0.15) is 33.6 Å². The van der Waals surface area contributed by atoms with E-state index < -0.39 is 0 Å². The monoisotopic (exact) mass is 345 g/mol. The van der Waals surface area contributed by atoms with E-state index in [1.165, 1.54) is 6.42 Å². The molecule has 0 saturated heterocycles. The largest absolute Gasteiger partial charge is 0.494 e. The normalized spacial score (nSPS) is 12.4. The number of anilines is 1. The number of nitrogens with zero attached hydrogens (tertiary/aromatic N) is 2. The average molecular weight is 345 g/mol. The molecule has 0 aliphatic rings. The Labute approximate surface area is 151 Å². The SMILES string of the molecule is CCN(CC)CCCC(C)Nc1cc(OC)c2ncccc2c1OC. The molecule has 1 aromatic carbocycles. The fraction of sp³-hybridized carbons (Fsp3) is 0.550. The number of nitrogens with one attached hydrogen (secondary N) is 1. The predicted molar refractivity (Wildman–Crippen MR) is 105 cm³/mol. The van der Waals surface area contributed by atoms with Crippen LogP contribution in [-0.4, -0.2) is 49.8 Å². The molecule has 0 aliphatic heterocycles. The molecule has 0 saturated carbocycles. The van der Waals surface area contributed by atoms with Crippen molar-refractivity contribution < 1.29 is 9.47 Å². The number of benzene rings is 1. The zero-order chi connectivity index (χ0) is 18.2. The Balaban J connectivity index is 2.14. The summed E-state index contributed by atoms with van der Waals surface area (Å²) in [6, 6.07) is 6.26. The first-order chi connectivity index (χ1) is 12.1. The first-order valence-corrected chi connectivity index (χ1v) is 9.13. The first-order valence-electron chi connectivity index (χ1n) is 9.13. The third kappa shape index (κ3) is 4.75. The van der Waals surface area contributed by atoms with Gasteiger partial charge < -0.3 is 19.7 Å². The van der Waals surface area contributed by atoms with Crippen molar-refractivity contribution in [1.29, 1.82) is 0 Å². The van der Waals surface area contributed by atoms with E-state index >= 15 is 0 Å². The van der Waals surface area contributed by atoms with Gasteiger partial charge in [-0.1, -0.05) is 13.8 Å². The number of methoxy groups -OCH3 is 2. The van der Waals surface area contributed by atoms with E-state index in [9.17, 15) is 0 Å². The minimum Gasteiger partial charge on any atom is -0.494 e. The van der Waals surface area contributed by atoms with Gasteiger partial charge in [0, 0.05) is 23.7 Å². The molecule has 1 atom stereocenters. The molecule has 0 radical (unpaired) electrons. The van der Waals surface area contributed by atoms with E-state index in [1.807, 2.05) is 18.2 Å². The third-order valence-corrected chi connectivity index (χ3v) is 4.64. The molecule has 1 heterocycles. The lowest BCUT2D eigenvalue weighted by molar-refractivity contribution is 0.295. The minimum atomic E-state index is 0.350. The predicted octanol–water partition coefficient (Wildman–Crippen LogP) is 4.17. The summed E-state index contributed by atoms with van der Waals surface area (Å²) < 4.78 is 11.2. The van der Waals surface area contributed by atoms with Crippen LogP contribution in [0.4, 0.5) is 5.69 Å². The van der Waals surface area contributed by atoms with E-state index in [1.54, 1.807) is 20.4 Å². The van der Waals surface area contributed by atoms with E-state index in [0.717, 1.165) is 54.1 Å². The van der Waals surface area contributed by atoms with Crippen molar-refractivity contribution in [3.63, 3.8) is 0 Å². The van der Waals surface area contributed by atoms with E-state index in [4.69, 9.17) is 9.47 Å².